The number of nitrogens with one attached hydrogen (secondary N) is 1. The molecular formula is C14H17ClN2O. The van der Waals surface area contributed by atoms with E-state index in [9.17, 15) is 5.26 Å². The number of benzene rings is 1. The molecule has 0 amide bonds. The van der Waals surface area contributed by atoms with E-state index in [2.05, 4.69) is 11.4 Å². The number of halogens is 1. The van der Waals surface area contributed by atoms with E-state index >= 15 is 0 Å². The third-order valence-corrected chi connectivity index (χ3v) is 3.81. The predicted molar refractivity (Wildman–Crippen MR) is 72.7 cm³/mol. The Balaban J connectivity index is 2.06. The highest BCUT2D eigenvalue weighted by atomic mass is 35.5. The van der Waals surface area contributed by atoms with Gasteiger partial charge in [-0.3, -0.25) is 0 Å². The van der Waals surface area contributed by atoms with Crippen LogP contribution in [0.1, 0.15) is 25.7 Å². The first-order valence-corrected chi connectivity index (χ1v) is 6.53. The number of nitriles is 1. The van der Waals surface area contributed by atoms with Gasteiger partial charge in [-0.2, -0.15) is 5.26 Å². The van der Waals surface area contributed by atoms with E-state index in [1.807, 2.05) is 24.3 Å². The van der Waals surface area contributed by atoms with Crippen molar-refractivity contribution in [3.05, 3.63) is 29.3 Å². The molecule has 0 saturated heterocycles. The number of hydrogen-bond donors (Lipinski definition) is 1. The van der Waals surface area contributed by atoms with Gasteiger partial charge in [-0.1, -0.05) is 11.6 Å². The second-order valence-corrected chi connectivity index (χ2v) is 5.20. The van der Waals surface area contributed by atoms with Gasteiger partial charge in [0, 0.05) is 17.8 Å². The summed E-state index contributed by atoms with van der Waals surface area (Å²) in [7, 11) is 1.73. The monoisotopic (exact) mass is 264 g/mol. The summed E-state index contributed by atoms with van der Waals surface area (Å²) in [6.07, 6.45) is 3.75. The second-order valence-electron chi connectivity index (χ2n) is 4.76. The molecule has 1 aliphatic carbocycles. The predicted octanol–water partition coefficient (Wildman–Crippen LogP) is 3.60. The van der Waals surface area contributed by atoms with E-state index in [0.717, 1.165) is 31.4 Å². The van der Waals surface area contributed by atoms with Crippen LogP contribution in [0.5, 0.6) is 0 Å². The molecule has 0 bridgehead atoms. The first-order valence-electron chi connectivity index (χ1n) is 6.15. The average molecular weight is 265 g/mol. The van der Waals surface area contributed by atoms with Crippen molar-refractivity contribution in [1.82, 2.24) is 0 Å². The smallest absolute Gasteiger partial charge is 0.125 e. The average Bonchev–Trinajstić information content (AvgIpc) is 2.42. The summed E-state index contributed by atoms with van der Waals surface area (Å²) >= 11 is 5.85. The molecule has 1 aliphatic rings. The van der Waals surface area contributed by atoms with Crippen LogP contribution in [0, 0.1) is 11.3 Å². The van der Waals surface area contributed by atoms with Crippen molar-refractivity contribution >= 4 is 17.3 Å². The maximum atomic E-state index is 9.44. The van der Waals surface area contributed by atoms with Crippen molar-refractivity contribution in [2.75, 3.05) is 12.4 Å². The molecule has 3 nitrogen and oxygen atoms in total. The molecule has 0 unspecified atom stereocenters. The number of rotatable bonds is 3. The molecule has 0 aromatic heterocycles. The summed E-state index contributed by atoms with van der Waals surface area (Å²) in [6, 6.07) is 9.90. The quantitative estimate of drug-likeness (QED) is 0.907. The Morgan fingerprint density at radius 1 is 1.33 bits per heavy atom. The van der Waals surface area contributed by atoms with Gasteiger partial charge in [0.2, 0.25) is 0 Å². The van der Waals surface area contributed by atoms with E-state index in [1.54, 1.807) is 7.11 Å². The van der Waals surface area contributed by atoms with E-state index in [1.165, 1.54) is 0 Å². The van der Waals surface area contributed by atoms with Crippen LogP contribution in [-0.2, 0) is 4.74 Å². The van der Waals surface area contributed by atoms with E-state index in [4.69, 9.17) is 16.3 Å². The van der Waals surface area contributed by atoms with E-state index < -0.39 is 5.54 Å². The van der Waals surface area contributed by atoms with Gasteiger partial charge in [-0.15, -0.1) is 0 Å². The highest BCUT2D eigenvalue weighted by molar-refractivity contribution is 6.30. The minimum atomic E-state index is -0.469. The minimum absolute atomic E-state index is 0.290. The van der Waals surface area contributed by atoms with Crippen molar-refractivity contribution in [2.24, 2.45) is 0 Å². The maximum Gasteiger partial charge on any atom is 0.125 e. The van der Waals surface area contributed by atoms with Crippen molar-refractivity contribution in [2.45, 2.75) is 37.3 Å². The molecule has 1 aromatic rings. The molecule has 2 rings (SSSR count). The SMILES string of the molecule is COC1CCC(C#N)(Nc2ccc(Cl)cc2)CC1. The van der Waals surface area contributed by atoms with Crippen LogP contribution in [-0.4, -0.2) is 18.8 Å². The molecule has 0 spiro atoms. The molecule has 96 valence electrons. The molecule has 1 fully saturated rings. The number of nitrogens with zero attached hydrogens (tertiary/aromatic N) is 1. The molecule has 0 radical (unpaired) electrons. The molecule has 4 heteroatoms. The number of anilines is 1. The van der Waals surface area contributed by atoms with Crippen LogP contribution in [0.2, 0.25) is 5.02 Å². The van der Waals surface area contributed by atoms with Crippen LogP contribution in [0.15, 0.2) is 24.3 Å². The van der Waals surface area contributed by atoms with Crippen molar-refractivity contribution in [1.29, 1.82) is 5.26 Å². The summed E-state index contributed by atoms with van der Waals surface area (Å²) in [5.74, 6) is 0. The fraction of sp³-hybridized carbons (Fsp3) is 0.500. The van der Waals surface area contributed by atoms with E-state index in [0.29, 0.717) is 11.1 Å². The highest BCUT2D eigenvalue weighted by Crippen LogP contribution is 2.32. The summed E-state index contributed by atoms with van der Waals surface area (Å²) in [4.78, 5) is 0. The topological polar surface area (TPSA) is 45.0 Å². The zero-order valence-corrected chi connectivity index (χ0v) is 11.2. The lowest BCUT2D eigenvalue weighted by Crippen LogP contribution is -2.42. The Morgan fingerprint density at radius 2 is 1.94 bits per heavy atom. The summed E-state index contributed by atoms with van der Waals surface area (Å²) in [6.45, 7) is 0. The lowest BCUT2D eigenvalue weighted by molar-refractivity contribution is 0.0612. The van der Waals surface area contributed by atoms with Crippen LogP contribution >= 0.6 is 11.6 Å². The molecule has 1 N–H and O–H groups in total. The minimum Gasteiger partial charge on any atom is -0.381 e. The zero-order chi connectivity index (χ0) is 13.0. The van der Waals surface area contributed by atoms with Crippen LogP contribution in [0.25, 0.3) is 0 Å². The first kappa shape index (κ1) is 13.2. The van der Waals surface area contributed by atoms with Gasteiger partial charge in [0.15, 0.2) is 0 Å². The summed E-state index contributed by atoms with van der Waals surface area (Å²) in [5.41, 5.74) is 0.472. The number of ether oxygens (including phenoxy) is 1. The molecule has 1 saturated carbocycles. The van der Waals surface area contributed by atoms with Gasteiger partial charge in [0.1, 0.15) is 5.54 Å². The van der Waals surface area contributed by atoms with Crippen molar-refractivity contribution in [3.63, 3.8) is 0 Å². The normalized spacial score (nSPS) is 27.5. The van der Waals surface area contributed by atoms with Crippen LogP contribution in [0.4, 0.5) is 5.69 Å². The largest absolute Gasteiger partial charge is 0.381 e. The van der Waals surface area contributed by atoms with Crippen molar-refractivity contribution < 1.29 is 4.74 Å². The second kappa shape index (κ2) is 5.60. The first-order chi connectivity index (χ1) is 8.67. The Labute approximate surface area is 113 Å². The van der Waals surface area contributed by atoms with Crippen molar-refractivity contribution in [3.8, 4) is 6.07 Å². The Bertz CT molecular complexity index is 430. The Kier molecular flexibility index (Phi) is 4.11. The lowest BCUT2D eigenvalue weighted by atomic mass is 9.81. The lowest BCUT2D eigenvalue weighted by Gasteiger charge is -2.35. The zero-order valence-electron chi connectivity index (χ0n) is 10.4. The van der Waals surface area contributed by atoms with E-state index in [-0.39, 0.29) is 0 Å². The van der Waals surface area contributed by atoms with Crippen LogP contribution < -0.4 is 5.32 Å². The third-order valence-electron chi connectivity index (χ3n) is 3.56. The fourth-order valence-electron chi connectivity index (χ4n) is 2.39. The Morgan fingerprint density at radius 3 is 2.44 bits per heavy atom. The maximum absolute atomic E-state index is 9.44. The van der Waals surface area contributed by atoms with Gasteiger partial charge in [-0.05, 0) is 49.9 Å². The van der Waals surface area contributed by atoms with Gasteiger partial charge >= 0.3 is 0 Å². The molecule has 0 heterocycles. The van der Waals surface area contributed by atoms with Crippen LogP contribution in [0.3, 0.4) is 0 Å². The summed E-state index contributed by atoms with van der Waals surface area (Å²) < 4.78 is 5.34. The summed E-state index contributed by atoms with van der Waals surface area (Å²) in [5, 5.41) is 13.5. The molecule has 0 aliphatic heterocycles. The molecule has 0 atom stereocenters. The molecular weight excluding hydrogens is 248 g/mol. The highest BCUT2D eigenvalue weighted by Gasteiger charge is 2.35. The Hall–Kier alpha value is -1.24. The van der Waals surface area contributed by atoms with Gasteiger partial charge in [0.25, 0.3) is 0 Å². The number of methoxy groups -OCH3 is 1. The standard InChI is InChI=1S/C14H17ClN2O/c1-18-13-6-8-14(10-16,9-7-13)17-12-4-2-11(15)3-5-12/h2-5,13,17H,6-9H2,1H3. The third kappa shape index (κ3) is 2.95. The fourth-order valence-corrected chi connectivity index (χ4v) is 2.52. The molecule has 18 heavy (non-hydrogen) atoms. The molecule has 1 aromatic carbocycles. The number of hydrogen-bond acceptors (Lipinski definition) is 3. The van der Waals surface area contributed by atoms with Gasteiger partial charge < -0.3 is 10.1 Å². The van der Waals surface area contributed by atoms with Gasteiger partial charge in [-0.25, -0.2) is 0 Å². The van der Waals surface area contributed by atoms with Gasteiger partial charge in [0.05, 0.1) is 12.2 Å².